The van der Waals surface area contributed by atoms with Crippen LogP contribution in [0.25, 0.3) is 0 Å². The first kappa shape index (κ1) is 16.6. The van der Waals surface area contributed by atoms with Gasteiger partial charge < -0.3 is 5.32 Å². The zero-order valence-electron chi connectivity index (χ0n) is 12.7. The van der Waals surface area contributed by atoms with Crippen molar-refractivity contribution >= 4 is 44.9 Å². The fourth-order valence-corrected chi connectivity index (χ4v) is 2.67. The molecule has 5 heteroatoms. The Bertz CT molecular complexity index is 726. The van der Waals surface area contributed by atoms with E-state index in [0.717, 1.165) is 21.3 Å². The molecular formula is C17H17BrN2OS. The number of hydrogen-bond acceptors (Lipinski definition) is 2. The third-order valence-corrected chi connectivity index (χ3v) is 4.23. The average molecular weight is 377 g/mol. The van der Waals surface area contributed by atoms with Crippen LogP contribution in [0.3, 0.4) is 0 Å². The molecule has 0 bridgehead atoms. The van der Waals surface area contributed by atoms with Crippen molar-refractivity contribution in [3.05, 3.63) is 63.1 Å². The van der Waals surface area contributed by atoms with Crippen LogP contribution in [0.1, 0.15) is 27.0 Å². The zero-order valence-corrected chi connectivity index (χ0v) is 15.1. The quantitative estimate of drug-likeness (QED) is 0.758. The number of hydrogen-bond donors (Lipinski definition) is 2. The van der Waals surface area contributed by atoms with E-state index in [4.69, 9.17) is 12.2 Å². The Morgan fingerprint density at radius 2 is 1.64 bits per heavy atom. The van der Waals surface area contributed by atoms with Crippen molar-refractivity contribution in [1.82, 2.24) is 5.32 Å². The maximum Gasteiger partial charge on any atom is 0.257 e. The molecule has 0 aromatic heterocycles. The highest BCUT2D eigenvalue weighted by Crippen LogP contribution is 2.26. The minimum atomic E-state index is -0.225. The predicted octanol–water partition coefficient (Wildman–Crippen LogP) is 4.50. The summed E-state index contributed by atoms with van der Waals surface area (Å²) < 4.78 is 0.905. The molecule has 2 aromatic rings. The Labute approximate surface area is 144 Å². The summed E-state index contributed by atoms with van der Waals surface area (Å²) in [7, 11) is 0. The fraction of sp³-hybridized carbons (Fsp3) is 0.176. The van der Waals surface area contributed by atoms with Crippen LogP contribution in [-0.2, 0) is 0 Å². The van der Waals surface area contributed by atoms with Gasteiger partial charge in [0.1, 0.15) is 0 Å². The van der Waals surface area contributed by atoms with Gasteiger partial charge in [0, 0.05) is 10.0 Å². The first-order valence-electron chi connectivity index (χ1n) is 6.82. The molecule has 114 valence electrons. The lowest BCUT2D eigenvalue weighted by molar-refractivity contribution is 0.0978. The van der Waals surface area contributed by atoms with Crippen LogP contribution in [-0.4, -0.2) is 11.0 Å². The molecule has 0 aliphatic rings. The first-order chi connectivity index (χ1) is 10.4. The molecule has 0 heterocycles. The lowest BCUT2D eigenvalue weighted by atomic mass is 10.1. The van der Waals surface area contributed by atoms with Crippen LogP contribution in [0.4, 0.5) is 5.69 Å². The smallest absolute Gasteiger partial charge is 0.257 e. The summed E-state index contributed by atoms with van der Waals surface area (Å²) in [5, 5.41) is 6.00. The second-order valence-corrected chi connectivity index (χ2v) is 6.45. The number of amides is 1. The predicted molar refractivity (Wildman–Crippen MR) is 98.5 cm³/mol. The van der Waals surface area contributed by atoms with E-state index in [-0.39, 0.29) is 11.0 Å². The highest BCUT2D eigenvalue weighted by molar-refractivity contribution is 9.10. The standard InChI is InChI=1S/C17H17BrN2OS/c1-10-4-6-13(7-5-10)16(21)20-17(22)19-15-9-12(3)11(2)8-14(15)18/h4-9H,1-3H3,(H2,19,20,21,22). The molecule has 2 N–H and O–H groups in total. The van der Waals surface area contributed by atoms with E-state index >= 15 is 0 Å². The van der Waals surface area contributed by atoms with Crippen molar-refractivity contribution in [3.63, 3.8) is 0 Å². The van der Waals surface area contributed by atoms with Gasteiger partial charge in [0.2, 0.25) is 0 Å². The largest absolute Gasteiger partial charge is 0.331 e. The van der Waals surface area contributed by atoms with E-state index in [1.54, 1.807) is 12.1 Å². The summed E-state index contributed by atoms with van der Waals surface area (Å²) in [6.45, 7) is 6.05. The molecule has 1 amide bonds. The molecule has 0 unspecified atom stereocenters. The van der Waals surface area contributed by atoms with Crippen LogP contribution in [0.2, 0.25) is 0 Å². The Morgan fingerprint density at radius 3 is 2.27 bits per heavy atom. The Kier molecular flexibility index (Phi) is 5.32. The van der Waals surface area contributed by atoms with Crippen molar-refractivity contribution in [1.29, 1.82) is 0 Å². The molecule has 0 fully saturated rings. The number of carbonyl (C=O) groups excluding carboxylic acids is 1. The zero-order chi connectivity index (χ0) is 16.3. The van der Waals surface area contributed by atoms with Crippen molar-refractivity contribution in [2.75, 3.05) is 5.32 Å². The molecule has 0 atom stereocenters. The molecule has 0 aliphatic carbocycles. The third kappa shape index (κ3) is 4.15. The van der Waals surface area contributed by atoms with Crippen LogP contribution in [0.15, 0.2) is 40.9 Å². The third-order valence-electron chi connectivity index (χ3n) is 3.37. The number of nitrogens with one attached hydrogen (secondary N) is 2. The van der Waals surface area contributed by atoms with Gasteiger partial charge >= 0.3 is 0 Å². The van der Waals surface area contributed by atoms with Gasteiger partial charge in [0.15, 0.2) is 5.11 Å². The van der Waals surface area contributed by atoms with E-state index in [0.29, 0.717) is 5.56 Å². The molecular weight excluding hydrogens is 360 g/mol. The van der Waals surface area contributed by atoms with Crippen LogP contribution >= 0.6 is 28.1 Å². The molecule has 0 saturated heterocycles. The summed E-state index contributed by atoms with van der Waals surface area (Å²) >= 11 is 8.70. The molecule has 3 nitrogen and oxygen atoms in total. The van der Waals surface area contributed by atoms with Gasteiger partial charge in [-0.15, -0.1) is 0 Å². The van der Waals surface area contributed by atoms with Crippen LogP contribution in [0.5, 0.6) is 0 Å². The van der Waals surface area contributed by atoms with Crippen molar-refractivity contribution in [2.24, 2.45) is 0 Å². The Balaban J connectivity index is 2.05. The van der Waals surface area contributed by atoms with Gasteiger partial charge in [-0.2, -0.15) is 0 Å². The Hall–Kier alpha value is -1.72. The summed E-state index contributed by atoms with van der Waals surface area (Å²) in [6.07, 6.45) is 0. The number of halogens is 1. The molecule has 0 saturated carbocycles. The summed E-state index contributed by atoms with van der Waals surface area (Å²) in [5.41, 5.74) is 4.85. The lowest BCUT2D eigenvalue weighted by Crippen LogP contribution is -2.34. The van der Waals surface area contributed by atoms with E-state index in [1.807, 2.05) is 45.0 Å². The van der Waals surface area contributed by atoms with Crippen molar-refractivity contribution in [3.8, 4) is 0 Å². The fourth-order valence-electron chi connectivity index (χ4n) is 1.91. The van der Waals surface area contributed by atoms with Crippen molar-refractivity contribution < 1.29 is 4.79 Å². The topological polar surface area (TPSA) is 41.1 Å². The number of carbonyl (C=O) groups is 1. The molecule has 2 rings (SSSR count). The maximum atomic E-state index is 12.1. The van der Waals surface area contributed by atoms with Gasteiger partial charge in [-0.1, -0.05) is 17.7 Å². The van der Waals surface area contributed by atoms with Crippen LogP contribution in [0, 0.1) is 20.8 Å². The van der Waals surface area contributed by atoms with Gasteiger partial charge in [0.05, 0.1) is 5.69 Å². The van der Waals surface area contributed by atoms with E-state index < -0.39 is 0 Å². The second-order valence-electron chi connectivity index (χ2n) is 5.19. The number of rotatable bonds is 2. The summed E-state index contributed by atoms with van der Waals surface area (Å²) in [4.78, 5) is 12.1. The minimum absolute atomic E-state index is 0.225. The number of aryl methyl sites for hydroxylation is 3. The lowest BCUT2D eigenvalue weighted by Gasteiger charge is -2.13. The number of benzene rings is 2. The molecule has 0 spiro atoms. The molecule has 2 aromatic carbocycles. The molecule has 0 aliphatic heterocycles. The number of thiocarbonyl (C=S) groups is 1. The summed E-state index contributed by atoms with van der Waals surface area (Å²) in [5.74, 6) is -0.225. The summed E-state index contributed by atoms with van der Waals surface area (Å²) in [6, 6.07) is 11.3. The van der Waals surface area contributed by atoms with E-state index in [1.165, 1.54) is 5.56 Å². The Morgan fingerprint density at radius 1 is 1.05 bits per heavy atom. The van der Waals surface area contributed by atoms with Gasteiger partial charge in [-0.3, -0.25) is 10.1 Å². The normalized spacial score (nSPS) is 10.2. The molecule has 0 radical (unpaired) electrons. The van der Waals surface area contributed by atoms with Gasteiger partial charge in [0.25, 0.3) is 5.91 Å². The molecule has 22 heavy (non-hydrogen) atoms. The highest BCUT2D eigenvalue weighted by Gasteiger charge is 2.09. The minimum Gasteiger partial charge on any atom is -0.331 e. The monoisotopic (exact) mass is 376 g/mol. The first-order valence-corrected chi connectivity index (χ1v) is 8.02. The van der Waals surface area contributed by atoms with E-state index in [2.05, 4.69) is 26.6 Å². The van der Waals surface area contributed by atoms with Crippen LogP contribution < -0.4 is 10.6 Å². The maximum absolute atomic E-state index is 12.1. The van der Waals surface area contributed by atoms with Crippen molar-refractivity contribution in [2.45, 2.75) is 20.8 Å². The average Bonchev–Trinajstić information content (AvgIpc) is 2.45. The van der Waals surface area contributed by atoms with E-state index in [9.17, 15) is 4.79 Å². The van der Waals surface area contributed by atoms with Gasteiger partial charge in [-0.25, -0.2) is 0 Å². The van der Waals surface area contributed by atoms with Gasteiger partial charge in [-0.05, 0) is 84.3 Å². The number of anilines is 1. The second kappa shape index (κ2) is 7.03. The highest BCUT2D eigenvalue weighted by atomic mass is 79.9. The SMILES string of the molecule is Cc1ccc(C(=O)NC(=S)Nc2cc(C)c(C)cc2Br)cc1.